The van der Waals surface area contributed by atoms with Gasteiger partial charge in [-0.15, -0.1) is 0 Å². The Labute approximate surface area is 136 Å². The average Bonchev–Trinajstić information content (AvgIpc) is 2.45. The molecular weight excluding hydrogens is 298 g/mol. The lowest BCUT2D eigenvalue weighted by Crippen LogP contribution is -2.41. The Hall–Kier alpha value is -2.11. The number of nitrogens with zero attached hydrogens (tertiary/aromatic N) is 1. The number of hydrogen-bond acceptors (Lipinski definition) is 6. The number of carbonyl (C=O) groups is 2. The topological polar surface area (TPSA) is 85.2 Å². The zero-order chi connectivity index (χ0) is 17.6. The van der Waals surface area contributed by atoms with E-state index in [9.17, 15) is 14.7 Å². The number of esters is 1. The van der Waals surface area contributed by atoms with E-state index in [1.165, 1.54) is 13.2 Å². The first-order valence-corrected chi connectivity index (χ1v) is 7.64. The van der Waals surface area contributed by atoms with Crippen LogP contribution in [-0.4, -0.2) is 36.3 Å². The summed E-state index contributed by atoms with van der Waals surface area (Å²) in [6.45, 7) is 9.16. The maximum atomic E-state index is 12.5. The third kappa shape index (κ3) is 4.21. The fourth-order valence-corrected chi connectivity index (χ4v) is 2.74. The van der Waals surface area contributed by atoms with Crippen LogP contribution < -0.4 is 0 Å². The molecule has 0 saturated heterocycles. The van der Waals surface area contributed by atoms with Gasteiger partial charge in [0.25, 0.3) is 0 Å². The molecule has 0 aromatic carbocycles. The number of Topliss-reactive ketones (excluding diaryl/α,β-unsaturated/α-hetero) is 1. The van der Waals surface area contributed by atoms with Crippen LogP contribution in [0.25, 0.3) is 0 Å². The maximum Gasteiger partial charge on any atom is 0.316 e. The van der Waals surface area contributed by atoms with Crippen LogP contribution in [0.3, 0.4) is 0 Å². The van der Waals surface area contributed by atoms with E-state index < -0.39 is 17.3 Å². The van der Waals surface area contributed by atoms with Crippen LogP contribution in [0.5, 0.6) is 0 Å². The molecule has 1 rings (SSSR count). The molecule has 1 aliphatic rings. The smallest absolute Gasteiger partial charge is 0.316 e. The summed E-state index contributed by atoms with van der Waals surface area (Å²) in [7, 11) is 1.26. The normalized spacial score (nSPS) is 21.1. The summed E-state index contributed by atoms with van der Waals surface area (Å²) in [6.07, 6.45) is 2.82. The Balaban J connectivity index is 3.37. The molecule has 0 amide bonds. The van der Waals surface area contributed by atoms with Gasteiger partial charge >= 0.3 is 5.97 Å². The van der Waals surface area contributed by atoms with Crippen LogP contribution in [0.15, 0.2) is 29.1 Å². The van der Waals surface area contributed by atoms with Crippen molar-refractivity contribution in [1.29, 1.82) is 0 Å². The summed E-state index contributed by atoms with van der Waals surface area (Å²) in [5.74, 6) is -2.00. The molecule has 0 fully saturated rings. The van der Waals surface area contributed by atoms with Crippen LogP contribution in [0, 0.1) is 11.3 Å². The maximum absolute atomic E-state index is 12.5. The Kier molecular flexibility index (Phi) is 6.54. The van der Waals surface area contributed by atoms with Gasteiger partial charge in [0, 0.05) is 6.42 Å². The molecule has 128 valence electrons. The fraction of sp³-hybridized carbons (Fsp3) is 0.588. The highest BCUT2D eigenvalue weighted by Crippen LogP contribution is 2.42. The Morgan fingerprint density at radius 3 is 2.70 bits per heavy atom. The summed E-state index contributed by atoms with van der Waals surface area (Å²) in [5, 5.41) is 14.5. The van der Waals surface area contributed by atoms with Crippen molar-refractivity contribution in [2.75, 3.05) is 13.7 Å². The number of oxime groups is 1. The first-order valence-electron chi connectivity index (χ1n) is 7.64. The molecular formula is C17H25NO5. The van der Waals surface area contributed by atoms with E-state index in [1.807, 2.05) is 6.92 Å². The van der Waals surface area contributed by atoms with E-state index in [2.05, 4.69) is 11.7 Å². The Morgan fingerprint density at radius 1 is 1.52 bits per heavy atom. The summed E-state index contributed by atoms with van der Waals surface area (Å²) in [5.41, 5.74) is -0.302. The summed E-state index contributed by atoms with van der Waals surface area (Å²) in [4.78, 5) is 29.7. The third-order valence-corrected chi connectivity index (χ3v) is 3.79. The fourth-order valence-electron chi connectivity index (χ4n) is 2.74. The largest absolute Gasteiger partial charge is 0.511 e. The highest BCUT2D eigenvalue weighted by molar-refractivity contribution is 6.23. The molecule has 0 heterocycles. The number of methoxy groups -OCH3 is 1. The first kappa shape index (κ1) is 18.9. The predicted molar refractivity (Wildman–Crippen MR) is 87.1 cm³/mol. The minimum atomic E-state index is -0.901. The van der Waals surface area contributed by atoms with Crippen LogP contribution in [0.1, 0.15) is 40.0 Å². The van der Waals surface area contributed by atoms with Gasteiger partial charge in [-0.05, 0) is 11.8 Å². The lowest BCUT2D eigenvalue weighted by molar-refractivity contribution is -0.150. The number of aliphatic hydroxyl groups excluding tert-OH is 1. The van der Waals surface area contributed by atoms with Crippen LogP contribution in [0.2, 0.25) is 0 Å². The monoisotopic (exact) mass is 323 g/mol. The molecule has 0 bridgehead atoms. The second-order valence-corrected chi connectivity index (χ2v) is 6.18. The van der Waals surface area contributed by atoms with Gasteiger partial charge in [-0.2, -0.15) is 0 Å². The van der Waals surface area contributed by atoms with E-state index >= 15 is 0 Å². The van der Waals surface area contributed by atoms with Gasteiger partial charge in [0.15, 0.2) is 5.78 Å². The minimum Gasteiger partial charge on any atom is -0.511 e. The lowest BCUT2D eigenvalue weighted by Gasteiger charge is -2.36. The number of ether oxygens (including phenoxy) is 1. The molecule has 6 heteroatoms. The van der Waals surface area contributed by atoms with Crippen LogP contribution in [-0.2, 0) is 19.2 Å². The molecule has 0 spiro atoms. The molecule has 0 aromatic rings. The van der Waals surface area contributed by atoms with Gasteiger partial charge in [0.05, 0.1) is 18.4 Å². The number of rotatable bonds is 7. The standard InChI is InChI=1S/C17H25NO5/c1-6-8-11(18-23-9-7-2)13-12(19)10-17(3,4)14(15(13)20)16(21)22-5/h7,14,20H,2,6,8-10H2,1,3-5H3/t14-/m1/s1. The highest BCUT2D eigenvalue weighted by Gasteiger charge is 2.47. The molecule has 0 aliphatic heterocycles. The molecule has 0 saturated carbocycles. The van der Waals surface area contributed by atoms with Crippen molar-refractivity contribution in [3.05, 3.63) is 24.0 Å². The highest BCUT2D eigenvalue weighted by atomic mass is 16.6. The van der Waals surface area contributed by atoms with Gasteiger partial charge in [-0.1, -0.05) is 45.0 Å². The SMILES string of the molecule is C=CCON=C(CCC)C1=C(O)[C@H](C(=O)OC)C(C)(C)CC1=O. The quantitative estimate of drug-likeness (QED) is 0.256. The molecule has 23 heavy (non-hydrogen) atoms. The van der Waals surface area contributed by atoms with E-state index in [0.717, 1.165) is 0 Å². The average molecular weight is 323 g/mol. The van der Waals surface area contributed by atoms with Gasteiger partial charge < -0.3 is 14.7 Å². The molecule has 6 nitrogen and oxygen atoms in total. The summed E-state index contributed by atoms with van der Waals surface area (Å²) in [6, 6.07) is 0. The summed E-state index contributed by atoms with van der Waals surface area (Å²) >= 11 is 0. The second kappa shape index (κ2) is 7.94. The first-order chi connectivity index (χ1) is 10.8. The van der Waals surface area contributed by atoms with Crippen molar-refractivity contribution in [2.45, 2.75) is 40.0 Å². The Bertz CT molecular complexity index is 545. The number of ketones is 1. The third-order valence-electron chi connectivity index (χ3n) is 3.79. The molecule has 0 aromatic heterocycles. The molecule has 0 radical (unpaired) electrons. The number of aliphatic hydroxyl groups is 1. The minimum absolute atomic E-state index is 0.0747. The second-order valence-electron chi connectivity index (χ2n) is 6.18. The zero-order valence-electron chi connectivity index (χ0n) is 14.2. The Morgan fingerprint density at radius 2 is 2.17 bits per heavy atom. The molecule has 1 atom stereocenters. The van der Waals surface area contributed by atoms with E-state index in [1.54, 1.807) is 13.8 Å². The molecule has 1 aliphatic carbocycles. The lowest BCUT2D eigenvalue weighted by atomic mass is 9.67. The number of carbonyl (C=O) groups excluding carboxylic acids is 2. The van der Waals surface area contributed by atoms with Crippen molar-refractivity contribution >= 4 is 17.5 Å². The van der Waals surface area contributed by atoms with E-state index in [4.69, 9.17) is 9.57 Å². The molecule has 1 N–H and O–H groups in total. The number of allylic oxidation sites excluding steroid dienone is 1. The number of hydrogen-bond donors (Lipinski definition) is 1. The van der Waals surface area contributed by atoms with Crippen LogP contribution in [0.4, 0.5) is 0 Å². The van der Waals surface area contributed by atoms with Crippen molar-refractivity contribution in [3.63, 3.8) is 0 Å². The van der Waals surface area contributed by atoms with Crippen molar-refractivity contribution in [2.24, 2.45) is 16.5 Å². The molecule has 0 unspecified atom stereocenters. The van der Waals surface area contributed by atoms with Gasteiger partial charge in [-0.25, -0.2) is 0 Å². The van der Waals surface area contributed by atoms with Crippen LogP contribution >= 0.6 is 0 Å². The van der Waals surface area contributed by atoms with Crippen molar-refractivity contribution < 1.29 is 24.3 Å². The van der Waals surface area contributed by atoms with Crippen molar-refractivity contribution in [1.82, 2.24) is 0 Å². The zero-order valence-corrected chi connectivity index (χ0v) is 14.2. The van der Waals surface area contributed by atoms with Gasteiger partial charge in [0.2, 0.25) is 0 Å². The van der Waals surface area contributed by atoms with E-state index in [0.29, 0.717) is 18.6 Å². The van der Waals surface area contributed by atoms with E-state index in [-0.39, 0.29) is 30.1 Å². The van der Waals surface area contributed by atoms with Gasteiger partial charge in [-0.3, -0.25) is 9.59 Å². The van der Waals surface area contributed by atoms with Gasteiger partial charge in [0.1, 0.15) is 18.3 Å². The predicted octanol–water partition coefficient (Wildman–Crippen LogP) is 2.95. The van der Waals surface area contributed by atoms with Crippen molar-refractivity contribution in [3.8, 4) is 0 Å². The summed E-state index contributed by atoms with van der Waals surface area (Å²) < 4.78 is 4.79.